The molecule has 2 aliphatic rings. The Balaban J connectivity index is 0.000000181. The number of aliphatic imine (C=N–C) groups is 1. The smallest absolute Gasteiger partial charge is 0.282 e. The summed E-state index contributed by atoms with van der Waals surface area (Å²) in [5.41, 5.74) is 0. The van der Waals surface area contributed by atoms with Crippen molar-refractivity contribution in [3.05, 3.63) is 23.8 Å². The van der Waals surface area contributed by atoms with Crippen LogP contribution in [0.1, 0.15) is 19.3 Å². The van der Waals surface area contributed by atoms with Gasteiger partial charge in [0.05, 0.1) is 0 Å². The van der Waals surface area contributed by atoms with Crippen LogP contribution in [0.2, 0.25) is 0 Å². The lowest BCUT2D eigenvalue weighted by atomic mass is 10.1. The quantitative estimate of drug-likeness (QED) is 0.582. The summed E-state index contributed by atoms with van der Waals surface area (Å²) < 4.78 is 28.3. The number of Topliss-reactive ketones (excluding diaryl/α,β-unsaturated/α-hetero) is 1. The molecule has 0 fully saturated rings. The van der Waals surface area contributed by atoms with Crippen molar-refractivity contribution in [2.45, 2.75) is 23.8 Å². The van der Waals surface area contributed by atoms with Gasteiger partial charge in [-0.25, -0.2) is 0 Å². The van der Waals surface area contributed by atoms with E-state index < -0.39 is 14.7 Å². The lowest BCUT2D eigenvalue weighted by molar-refractivity contribution is -0.118. The molecule has 7 heteroatoms. The number of carbonyl (C=O) groups is 1. The highest BCUT2D eigenvalue weighted by Crippen LogP contribution is 2.18. The number of nitrogens with zero attached hydrogens (tertiary/aromatic N) is 1. The van der Waals surface area contributed by atoms with Gasteiger partial charge in [-0.3, -0.25) is 14.3 Å². The van der Waals surface area contributed by atoms with E-state index in [1.54, 1.807) is 0 Å². The summed E-state index contributed by atoms with van der Waals surface area (Å²) in [4.78, 5) is 14.0. The summed E-state index contributed by atoms with van der Waals surface area (Å²) in [6.07, 6.45) is 9.02. The summed E-state index contributed by atoms with van der Waals surface area (Å²) in [5, 5.41) is 1.51. The minimum Gasteiger partial charge on any atom is -0.299 e. The molecule has 0 aromatic rings. The van der Waals surface area contributed by atoms with Gasteiger partial charge >= 0.3 is 0 Å². The molecule has 0 spiro atoms. The van der Waals surface area contributed by atoms with Crippen molar-refractivity contribution >= 4 is 33.9 Å². The molecule has 1 heterocycles. The molecule has 0 radical (unpaired) electrons. The predicted octanol–water partition coefficient (Wildman–Crippen LogP) is 1.78. The van der Waals surface area contributed by atoms with E-state index in [4.69, 9.17) is 4.55 Å². The first-order valence-corrected chi connectivity index (χ1v) is 7.41. The first-order chi connectivity index (χ1) is 8.00. The Morgan fingerprint density at radius 1 is 1.41 bits per heavy atom. The van der Waals surface area contributed by atoms with Crippen LogP contribution >= 0.6 is 11.8 Å². The largest absolute Gasteiger partial charge is 0.299 e. The van der Waals surface area contributed by atoms with E-state index in [1.165, 1.54) is 17.8 Å². The highest BCUT2D eigenvalue weighted by Gasteiger charge is 2.21. The average molecular weight is 275 g/mol. The fourth-order valence-electron chi connectivity index (χ4n) is 1.13. The molecule has 94 valence electrons. The van der Waals surface area contributed by atoms with E-state index in [-0.39, 0.29) is 0 Å². The molecular weight excluding hydrogens is 262 g/mol. The van der Waals surface area contributed by atoms with Crippen LogP contribution in [0.5, 0.6) is 0 Å². The Labute approximate surface area is 104 Å². The molecule has 2 rings (SSSR count). The van der Waals surface area contributed by atoms with Crippen LogP contribution in [-0.2, 0) is 14.9 Å². The maximum Gasteiger partial charge on any atom is 0.282 e. The van der Waals surface area contributed by atoms with Crippen LogP contribution < -0.4 is 0 Å². The molecule has 0 amide bonds. The van der Waals surface area contributed by atoms with Gasteiger partial charge in [-0.2, -0.15) is 8.42 Å². The van der Waals surface area contributed by atoms with Gasteiger partial charge in [0.1, 0.15) is 5.78 Å². The summed E-state index contributed by atoms with van der Waals surface area (Å²) in [5.74, 6) is 0.377. The Morgan fingerprint density at radius 3 is 2.47 bits per heavy atom. The molecule has 5 nitrogen and oxygen atoms in total. The van der Waals surface area contributed by atoms with Gasteiger partial charge in [0.15, 0.2) is 4.58 Å². The average Bonchev–Trinajstić information content (AvgIpc) is 2.31. The van der Waals surface area contributed by atoms with E-state index >= 15 is 0 Å². The highest BCUT2D eigenvalue weighted by molar-refractivity contribution is 8.14. The number of ketones is 1. The Bertz CT molecular complexity index is 451. The zero-order chi connectivity index (χ0) is 12.7. The lowest BCUT2D eigenvalue weighted by Gasteiger charge is -2.06. The number of hydrogen-bond acceptors (Lipinski definition) is 5. The minimum absolute atomic E-state index is 0.377. The van der Waals surface area contributed by atoms with E-state index in [0.29, 0.717) is 12.2 Å². The molecule has 1 atom stereocenters. The second-order valence-electron chi connectivity index (χ2n) is 3.36. The van der Waals surface area contributed by atoms with Crippen molar-refractivity contribution < 1.29 is 17.8 Å². The minimum atomic E-state index is -3.96. The highest BCUT2D eigenvalue weighted by atomic mass is 32.3. The van der Waals surface area contributed by atoms with Gasteiger partial charge in [-0.1, -0.05) is 12.2 Å². The molecule has 1 aliphatic carbocycles. The number of hydrogen-bond donors (Lipinski definition) is 1. The van der Waals surface area contributed by atoms with Gasteiger partial charge in [0, 0.05) is 25.3 Å². The Morgan fingerprint density at radius 2 is 2.18 bits per heavy atom. The number of carbonyl (C=O) groups excluding carboxylic acids is 1. The maximum atomic E-state index is 10.4. The van der Waals surface area contributed by atoms with E-state index in [1.807, 2.05) is 6.08 Å². The summed E-state index contributed by atoms with van der Waals surface area (Å²) in [6.45, 7) is 0. The Hall–Kier alpha value is -0.920. The van der Waals surface area contributed by atoms with Crippen LogP contribution in [-0.4, -0.2) is 29.6 Å². The molecular formula is C10H13NO4S2. The van der Waals surface area contributed by atoms with Gasteiger partial charge in [0.25, 0.3) is 10.1 Å². The van der Waals surface area contributed by atoms with Crippen LogP contribution in [0.15, 0.2) is 28.8 Å². The van der Waals surface area contributed by atoms with Gasteiger partial charge < -0.3 is 0 Å². The monoisotopic (exact) mass is 275 g/mol. The maximum absolute atomic E-state index is 10.4. The normalized spacial score (nSPS) is 23.1. The van der Waals surface area contributed by atoms with E-state index in [9.17, 15) is 13.2 Å². The molecule has 0 saturated carbocycles. The van der Waals surface area contributed by atoms with Crippen LogP contribution in [0.4, 0.5) is 0 Å². The number of rotatable bonds is 1. The third-order valence-corrected chi connectivity index (χ3v) is 4.40. The van der Waals surface area contributed by atoms with Crippen molar-refractivity contribution in [2.24, 2.45) is 4.99 Å². The van der Waals surface area contributed by atoms with Gasteiger partial charge in [0.2, 0.25) is 0 Å². The van der Waals surface area contributed by atoms with Gasteiger partial charge in [-0.15, -0.1) is 11.8 Å². The molecule has 1 unspecified atom stereocenters. The summed E-state index contributed by atoms with van der Waals surface area (Å²) in [7, 11) is -3.96. The zero-order valence-corrected chi connectivity index (χ0v) is 10.7. The standard InChI is InChI=1S/C6H8O.C4H5NO3S2/c7-6-4-2-1-3-5-6;6-10(7,8)4-3-5-1-2-9-4/h1-2H,3-5H2;1-4H,(H,6,7,8). The first-order valence-electron chi connectivity index (χ1n) is 4.97. The second kappa shape index (κ2) is 6.73. The third-order valence-electron chi connectivity index (χ3n) is 1.96. The van der Waals surface area contributed by atoms with E-state index in [0.717, 1.165) is 24.6 Å². The first kappa shape index (κ1) is 14.1. The fourth-order valence-corrected chi connectivity index (χ4v) is 2.54. The Kier molecular flexibility index (Phi) is 5.60. The third kappa shape index (κ3) is 5.81. The second-order valence-corrected chi connectivity index (χ2v) is 6.24. The molecule has 0 saturated heterocycles. The lowest BCUT2D eigenvalue weighted by Crippen LogP contribution is -2.18. The predicted molar refractivity (Wildman–Crippen MR) is 68.6 cm³/mol. The van der Waals surface area contributed by atoms with Crippen LogP contribution in [0.3, 0.4) is 0 Å². The molecule has 1 N–H and O–H groups in total. The molecule has 17 heavy (non-hydrogen) atoms. The number of thioether (sulfide) groups is 1. The van der Waals surface area contributed by atoms with Crippen molar-refractivity contribution in [1.29, 1.82) is 0 Å². The van der Waals surface area contributed by atoms with Gasteiger partial charge in [-0.05, 0) is 11.8 Å². The van der Waals surface area contributed by atoms with Crippen molar-refractivity contribution in [2.75, 3.05) is 0 Å². The molecule has 0 bridgehead atoms. The summed E-state index contributed by atoms with van der Waals surface area (Å²) >= 11 is 1.00. The van der Waals surface area contributed by atoms with Crippen molar-refractivity contribution in [1.82, 2.24) is 0 Å². The van der Waals surface area contributed by atoms with Crippen LogP contribution in [0.25, 0.3) is 0 Å². The SMILES string of the molecule is O=C1CC=CCC1.O=S(=O)(O)C1C=NC=CS1. The molecule has 1 aliphatic heterocycles. The summed E-state index contributed by atoms with van der Waals surface area (Å²) in [6, 6.07) is 0. The topological polar surface area (TPSA) is 83.8 Å². The van der Waals surface area contributed by atoms with Crippen LogP contribution in [0, 0.1) is 0 Å². The van der Waals surface area contributed by atoms with Crippen molar-refractivity contribution in [3.63, 3.8) is 0 Å². The zero-order valence-electron chi connectivity index (χ0n) is 9.02. The van der Waals surface area contributed by atoms with E-state index in [2.05, 4.69) is 11.1 Å². The number of allylic oxidation sites excluding steroid dienone is 2. The van der Waals surface area contributed by atoms with Crippen molar-refractivity contribution in [3.8, 4) is 0 Å². The molecule has 0 aromatic heterocycles. The fraction of sp³-hybridized carbons (Fsp3) is 0.400. The molecule has 0 aromatic carbocycles.